The quantitative estimate of drug-likeness (QED) is 0.535. The SMILES string of the molecule is C1=Cc2ccccc2C=CN1.O=C(O)CC(O)(CC(=O)O)C(=O)O. The van der Waals surface area contributed by atoms with Gasteiger partial charge in [-0.3, -0.25) is 9.59 Å². The number of fused-ring (bicyclic) bond motifs is 1. The summed E-state index contributed by atoms with van der Waals surface area (Å²) >= 11 is 0. The summed E-state index contributed by atoms with van der Waals surface area (Å²) in [5.41, 5.74) is -0.222. The van der Waals surface area contributed by atoms with Crippen LogP contribution in [0.3, 0.4) is 0 Å². The Hall–Kier alpha value is -3.13. The lowest BCUT2D eigenvalue weighted by Gasteiger charge is -2.18. The molecule has 0 fully saturated rings. The van der Waals surface area contributed by atoms with Crippen LogP contribution >= 0.6 is 0 Å². The summed E-state index contributed by atoms with van der Waals surface area (Å²) in [5.74, 6) is -5.02. The zero-order valence-corrected chi connectivity index (χ0v) is 12.5. The Morgan fingerprint density at radius 2 is 1.29 bits per heavy atom. The molecule has 0 spiro atoms. The van der Waals surface area contributed by atoms with E-state index in [2.05, 4.69) is 29.6 Å². The van der Waals surface area contributed by atoms with Crippen LogP contribution in [-0.4, -0.2) is 43.9 Å². The van der Waals surface area contributed by atoms with E-state index in [1.54, 1.807) is 0 Å². The van der Waals surface area contributed by atoms with Crippen molar-refractivity contribution in [1.29, 1.82) is 0 Å². The molecule has 1 aliphatic heterocycles. The van der Waals surface area contributed by atoms with Crippen molar-refractivity contribution in [3.05, 3.63) is 47.8 Å². The van der Waals surface area contributed by atoms with Gasteiger partial charge in [-0.2, -0.15) is 0 Å². The van der Waals surface area contributed by atoms with Gasteiger partial charge in [0.05, 0.1) is 12.8 Å². The molecule has 0 atom stereocenters. The average molecular weight is 335 g/mol. The molecule has 0 radical (unpaired) electrons. The molecule has 0 amide bonds. The second kappa shape index (κ2) is 8.49. The van der Waals surface area contributed by atoms with Gasteiger partial charge in [-0.25, -0.2) is 4.79 Å². The summed E-state index contributed by atoms with van der Waals surface area (Å²) in [4.78, 5) is 30.5. The van der Waals surface area contributed by atoms with Gasteiger partial charge in [0.15, 0.2) is 5.60 Å². The topological polar surface area (TPSA) is 144 Å². The normalized spacial score (nSPS) is 12.0. The number of hydrogen-bond acceptors (Lipinski definition) is 5. The predicted molar refractivity (Wildman–Crippen MR) is 84.7 cm³/mol. The Bertz CT molecular complexity index is 632. The first kappa shape index (κ1) is 18.9. The molecule has 0 saturated carbocycles. The Labute approximate surface area is 137 Å². The summed E-state index contributed by atoms with van der Waals surface area (Å²) in [6.07, 6.45) is 5.71. The zero-order valence-electron chi connectivity index (χ0n) is 12.5. The van der Waals surface area contributed by atoms with Crippen molar-refractivity contribution in [2.75, 3.05) is 0 Å². The molecular formula is C16H17NO7. The van der Waals surface area contributed by atoms with E-state index >= 15 is 0 Å². The van der Waals surface area contributed by atoms with Gasteiger partial charge in [0.1, 0.15) is 0 Å². The number of hydrogen-bond donors (Lipinski definition) is 5. The summed E-state index contributed by atoms with van der Waals surface area (Å²) in [5, 5.41) is 36.8. The molecule has 1 aromatic carbocycles. The van der Waals surface area contributed by atoms with Crippen LogP contribution in [0, 0.1) is 0 Å². The fraction of sp³-hybridized carbons (Fsp3) is 0.188. The van der Waals surface area contributed by atoms with E-state index in [1.165, 1.54) is 11.1 Å². The average Bonchev–Trinajstić information content (AvgIpc) is 2.71. The number of aliphatic hydroxyl groups is 1. The van der Waals surface area contributed by atoms with Gasteiger partial charge >= 0.3 is 17.9 Å². The molecule has 8 nitrogen and oxygen atoms in total. The first-order chi connectivity index (χ1) is 11.2. The minimum Gasteiger partial charge on any atom is -0.481 e. The number of carboxylic acids is 3. The van der Waals surface area contributed by atoms with Crippen molar-refractivity contribution in [2.24, 2.45) is 0 Å². The van der Waals surface area contributed by atoms with Crippen LogP contribution in [0.25, 0.3) is 12.2 Å². The van der Waals surface area contributed by atoms with Crippen molar-refractivity contribution in [3.63, 3.8) is 0 Å². The highest BCUT2D eigenvalue weighted by atomic mass is 16.4. The number of aliphatic carboxylic acids is 3. The first-order valence-corrected chi connectivity index (χ1v) is 6.82. The first-order valence-electron chi connectivity index (χ1n) is 6.82. The third-order valence-corrected chi connectivity index (χ3v) is 3.00. The number of rotatable bonds is 5. The monoisotopic (exact) mass is 335 g/mol. The van der Waals surface area contributed by atoms with Gasteiger partial charge in [-0.1, -0.05) is 24.3 Å². The largest absolute Gasteiger partial charge is 0.481 e. The van der Waals surface area contributed by atoms with Gasteiger partial charge in [0.2, 0.25) is 0 Å². The minimum absolute atomic E-state index is 1.14. The lowest BCUT2D eigenvalue weighted by Crippen LogP contribution is -2.42. The van der Waals surface area contributed by atoms with Gasteiger partial charge in [-0.05, 0) is 23.3 Å². The highest BCUT2D eigenvalue weighted by Crippen LogP contribution is 2.15. The van der Waals surface area contributed by atoms with Gasteiger partial charge < -0.3 is 25.7 Å². The molecule has 1 heterocycles. The summed E-state index contributed by atoms with van der Waals surface area (Å²) in [7, 11) is 0. The van der Waals surface area contributed by atoms with Crippen LogP contribution in [0.4, 0.5) is 0 Å². The number of carbonyl (C=O) groups is 3. The molecule has 0 aliphatic carbocycles. The third kappa shape index (κ3) is 5.93. The molecule has 24 heavy (non-hydrogen) atoms. The van der Waals surface area contributed by atoms with Gasteiger partial charge in [0.25, 0.3) is 0 Å². The summed E-state index contributed by atoms with van der Waals surface area (Å²) < 4.78 is 0. The maximum absolute atomic E-state index is 10.3. The highest BCUT2D eigenvalue weighted by Gasteiger charge is 2.40. The highest BCUT2D eigenvalue weighted by molar-refractivity contribution is 5.88. The maximum Gasteiger partial charge on any atom is 0.336 e. The lowest BCUT2D eigenvalue weighted by molar-refractivity contribution is -0.170. The molecule has 0 aromatic heterocycles. The molecule has 2 rings (SSSR count). The Morgan fingerprint density at radius 3 is 1.62 bits per heavy atom. The molecular weight excluding hydrogens is 318 g/mol. The van der Waals surface area contributed by atoms with Gasteiger partial charge in [0, 0.05) is 12.4 Å². The smallest absolute Gasteiger partial charge is 0.336 e. The zero-order chi connectivity index (χ0) is 18.2. The lowest BCUT2D eigenvalue weighted by atomic mass is 9.96. The molecule has 1 aliphatic rings. The van der Waals surface area contributed by atoms with Crippen molar-refractivity contribution < 1.29 is 34.8 Å². The Kier molecular flexibility index (Phi) is 6.69. The van der Waals surface area contributed by atoms with Crippen LogP contribution in [0.2, 0.25) is 0 Å². The fourth-order valence-corrected chi connectivity index (χ4v) is 1.86. The summed E-state index contributed by atoms with van der Waals surface area (Å²) in [6, 6.07) is 8.29. The van der Waals surface area contributed by atoms with Crippen molar-refractivity contribution in [2.45, 2.75) is 18.4 Å². The third-order valence-electron chi connectivity index (χ3n) is 3.00. The molecule has 0 unspecified atom stereocenters. The second-order valence-corrected chi connectivity index (χ2v) is 4.94. The molecule has 5 N–H and O–H groups in total. The van der Waals surface area contributed by atoms with E-state index in [0.29, 0.717) is 0 Å². The van der Waals surface area contributed by atoms with Gasteiger partial charge in [-0.15, -0.1) is 0 Å². The standard InChI is InChI=1S/C10H9N.C6H8O7/c1-2-4-10-6-8-11-7-5-9(10)3-1;7-3(8)1-6(13,5(11)12)2-4(9)10/h1-8,11H;13H,1-2H2,(H,7,8)(H,9,10)(H,11,12). The number of carboxylic acid groups (broad SMARTS) is 3. The van der Waals surface area contributed by atoms with Crippen LogP contribution in [0.1, 0.15) is 24.0 Å². The second-order valence-electron chi connectivity index (χ2n) is 4.94. The Balaban J connectivity index is 0.000000242. The fourth-order valence-electron chi connectivity index (χ4n) is 1.86. The van der Waals surface area contributed by atoms with Crippen molar-refractivity contribution >= 4 is 30.1 Å². The van der Waals surface area contributed by atoms with E-state index < -0.39 is 36.4 Å². The van der Waals surface area contributed by atoms with Crippen LogP contribution < -0.4 is 5.32 Å². The molecule has 128 valence electrons. The van der Waals surface area contributed by atoms with Crippen LogP contribution in [0.15, 0.2) is 36.7 Å². The predicted octanol–water partition coefficient (Wildman–Crippen LogP) is 0.983. The van der Waals surface area contributed by atoms with Crippen molar-refractivity contribution in [1.82, 2.24) is 5.32 Å². The molecule has 1 aromatic rings. The van der Waals surface area contributed by atoms with Crippen molar-refractivity contribution in [3.8, 4) is 0 Å². The number of nitrogens with one attached hydrogen (secondary N) is 1. The molecule has 0 saturated heterocycles. The van der Waals surface area contributed by atoms with Crippen LogP contribution in [-0.2, 0) is 14.4 Å². The summed E-state index contributed by atoms with van der Waals surface area (Å²) in [6.45, 7) is 0. The van der Waals surface area contributed by atoms with E-state index in [4.69, 9.17) is 20.4 Å². The van der Waals surface area contributed by atoms with Crippen LogP contribution in [0.5, 0.6) is 0 Å². The molecule has 0 bridgehead atoms. The molecule has 8 heteroatoms. The van der Waals surface area contributed by atoms with E-state index in [1.807, 2.05) is 24.5 Å². The number of benzene rings is 1. The Morgan fingerprint density at radius 1 is 0.875 bits per heavy atom. The minimum atomic E-state index is -2.74. The maximum atomic E-state index is 10.3. The van der Waals surface area contributed by atoms with E-state index in [-0.39, 0.29) is 0 Å². The van der Waals surface area contributed by atoms with E-state index in [0.717, 1.165) is 0 Å². The van der Waals surface area contributed by atoms with E-state index in [9.17, 15) is 14.4 Å².